The summed E-state index contributed by atoms with van der Waals surface area (Å²) in [5, 5.41) is 5.59. The SMILES string of the molecule is CC(C)NC(=O)Cc1ccc2c(c1)OCc1cc(OC(=O)NC(C)C)ccc1-2. The van der Waals surface area contributed by atoms with Crippen molar-refractivity contribution in [1.82, 2.24) is 10.6 Å². The van der Waals surface area contributed by atoms with Crippen molar-refractivity contribution in [2.24, 2.45) is 0 Å². The van der Waals surface area contributed by atoms with Crippen LogP contribution in [0.2, 0.25) is 0 Å². The quantitative estimate of drug-likeness (QED) is 0.824. The number of amides is 2. The van der Waals surface area contributed by atoms with Gasteiger partial charge in [-0.25, -0.2) is 4.79 Å². The van der Waals surface area contributed by atoms with Crippen molar-refractivity contribution in [3.63, 3.8) is 0 Å². The molecular weight excluding hydrogens is 356 g/mol. The molecule has 6 heteroatoms. The van der Waals surface area contributed by atoms with Crippen LogP contribution in [0.3, 0.4) is 0 Å². The second-order valence-corrected chi connectivity index (χ2v) is 7.53. The van der Waals surface area contributed by atoms with E-state index in [-0.39, 0.29) is 18.0 Å². The van der Waals surface area contributed by atoms with Gasteiger partial charge in [-0.15, -0.1) is 0 Å². The van der Waals surface area contributed by atoms with E-state index in [1.165, 1.54) is 0 Å². The Bertz CT molecular complexity index is 817. The van der Waals surface area contributed by atoms with Gasteiger partial charge in [0.2, 0.25) is 5.91 Å². The zero-order valence-corrected chi connectivity index (χ0v) is 16.7. The third kappa shape index (κ3) is 4.82. The van der Waals surface area contributed by atoms with Crippen LogP contribution in [0.15, 0.2) is 36.4 Å². The van der Waals surface area contributed by atoms with Crippen LogP contribution in [0.4, 0.5) is 4.79 Å². The van der Waals surface area contributed by atoms with Crippen LogP contribution in [0, 0.1) is 0 Å². The van der Waals surface area contributed by atoms with Gasteiger partial charge in [0.25, 0.3) is 0 Å². The van der Waals surface area contributed by atoms with E-state index < -0.39 is 6.09 Å². The fourth-order valence-electron chi connectivity index (χ4n) is 3.12. The molecule has 0 saturated carbocycles. The molecule has 148 valence electrons. The minimum atomic E-state index is -0.476. The average Bonchev–Trinajstić information content (AvgIpc) is 2.59. The van der Waals surface area contributed by atoms with Gasteiger partial charge < -0.3 is 20.1 Å². The summed E-state index contributed by atoms with van der Waals surface area (Å²) in [5.41, 5.74) is 3.86. The van der Waals surface area contributed by atoms with E-state index in [9.17, 15) is 9.59 Å². The number of hydrogen-bond donors (Lipinski definition) is 2. The largest absolute Gasteiger partial charge is 0.488 e. The number of rotatable bonds is 5. The lowest BCUT2D eigenvalue weighted by Crippen LogP contribution is -2.32. The fraction of sp³-hybridized carbons (Fsp3) is 0.364. The third-order valence-electron chi connectivity index (χ3n) is 4.23. The smallest absolute Gasteiger partial charge is 0.412 e. The molecule has 3 rings (SSSR count). The van der Waals surface area contributed by atoms with Crippen molar-refractivity contribution < 1.29 is 19.1 Å². The molecule has 0 aliphatic carbocycles. The summed E-state index contributed by atoms with van der Waals surface area (Å²) in [6.07, 6.45) is -0.157. The molecule has 2 aromatic carbocycles. The molecule has 0 spiro atoms. The number of benzene rings is 2. The van der Waals surface area contributed by atoms with Crippen LogP contribution in [0.1, 0.15) is 38.8 Å². The van der Waals surface area contributed by atoms with Crippen molar-refractivity contribution in [2.75, 3.05) is 0 Å². The maximum absolute atomic E-state index is 12.0. The zero-order chi connectivity index (χ0) is 20.3. The van der Waals surface area contributed by atoms with Gasteiger partial charge in [-0.3, -0.25) is 4.79 Å². The Kier molecular flexibility index (Phi) is 5.87. The second-order valence-electron chi connectivity index (χ2n) is 7.53. The van der Waals surface area contributed by atoms with Gasteiger partial charge in [0.1, 0.15) is 18.1 Å². The van der Waals surface area contributed by atoms with E-state index in [1.54, 1.807) is 6.07 Å². The molecule has 1 aliphatic rings. The topological polar surface area (TPSA) is 76.7 Å². The Morgan fingerprint density at radius 1 is 1.00 bits per heavy atom. The monoisotopic (exact) mass is 382 g/mol. The van der Waals surface area contributed by atoms with Crippen LogP contribution in [-0.2, 0) is 17.8 Å². The van der Waals surface area contributed by atoms with Crippen LogP contribution in [0.5, 0.6) is 11.5 Å². The van der Waals surface area contributed by atoms with Crippen molar-refractivity contribution in [2.45, 2.75) is 52.8 Å². The predicted octanol–water partition coefficient (Wildman–Crippen LogP) is 3.81. The Balaban J connectivity index is 1.76. The van der Waals surface area contributed by atoms with Gasteiger partial charge >= 0.3 is 6.09 Å². The minimum absolute atomic E-state index is 0.00683. The average molecular weight is 382 g/mol. The summed E-state index contributed by atoms with van der Waals surface area (Å²) in [7, 11) is 0. The number of ether oxygens (including phenoxy) is 2. The molecule has 0 radical (unpaired) electrons. The molecule has 1 aliphatic heterocycles. The molecule has 2 aromatic rings. The lowest BCUT2D eigenvalue weighted by atomic mass is 9.95. The van der Waals surface area contributed by atoms with E-state index in [1.807, 2.05) is 58.0 Å². The number of carbonyl (C=O) groups excluding carboxylic acids is 2. The number of carbonyl (C=O) groups is 2. The Hall–Kier alpha value is -3.02. The summed E-state index contributed by atoms with van der Waals surface area (Å²) < 4.78 is 11.2. The minimum Gasteiger partial charge on any atom is -0.488 e. The standard InChI is InChI=1S/C22H26N2O4/c1-13(2)23-21(25)10-15-5-7-19-18-8-6-17(28-22(26)24-14(3)4)11-16(18)12-27-20(19)9-15/h5-9,11,13-14H,10,12H2,1-4H3,(H,23,25)(H,24,26). The molecule has 0 saturated heterocycles. The van der Waals surface area contributed by atoms with E-state index in [0.29, 0.717) is 18.8 Å². The normalized spacial score (nSPS) is 12.1. The highest BCUT2D eigenvalue weighted by Crippen LogP contribution is 2.39. The molecule has 0 aromatic heterocycles. The van der Waals surface area contributed by atoms with Crippen molar-refractivity contribution in [3.05, 3.63) is 47.5 Å². The first-order chi connectivity index (χ1) is 13.3. The Morgan fingerprint density at radius 2 is 1.71 bits per heavy atom. The van der Waals surface area contributed by atoms with Gasteiger partial charge in [-0.05, 0) is 57.0 Å². The zero-order valence-electron chi connectivity index (χ0n) is 16.7. The molecule has 0 atom stereocenters. The Morgan fingerprint density at radius 3 is 2.43 bits per heavy atom. The van der Waals surface area contributed by atoms with Crippen molar-refractivity contribution in [3.8, 4) is 22.6 Å². The molecular formula is C22H26N2O4. The fourth-order valence-corrected chi connectivity index (χ4v) is 3.12. The highest BCUT2D eigenvalue weighted by molar-refractivity contribution is 5.81. The molecule has 1 heterocycles. The molecule has 0 bridgehead atoms. The summed E-state index contributed by atoms with van der Waals surface area (Å²) >= 11 is 0. The molecule has 28 heavy (non-hydrogen) atoms. The maximum atomic E-state index is 12.0. The van der Waals surface area contributed by atoms with E-state index >= 15 is 0 Å². The summed E-state index contributed by atoms with van der Waals surface area (Å²) in [6, 6.07) is 11.5. The lowest BCUT2D eigenvalue weighted by Gasteiger charge is -2.22. The van der Waals surface area contributed by atoms with Gasteiger partial charge in [-0.2, -0.15) is 0 Å². The number of fused-ring (bicyclic) bond motifs is 3. The number of hydrogen-bond acceptors (Lipinski definition) is 4. The second kappa shape index (κ2) is 8.33. The highest BCUT2D eigenvalue weighted by Gasteiger charge is 2.19. The maximum Gasteiger partial charge on any atom is 0.412 e. The summed E-state index contributed by atoms with van der Waals surface area (Å²) in [4.78, 5) is 23.8. The predicted molar refractivity (Wildman–Crippen MR) is 107 cm³/mol. The molecule has 0 fully saturated rings. The summed E-state index contributed by atoms with van der Waals surface area (Å²) in [5.74, 6) is 1.23. The Labute approximate surface area is 165 Å². The molecule has 2 amide bonds. The first-order valence-corrected chi connectivity index (χ1v) is 9.48. The lowest BCUT2D eigenvalue weighted by molar-refractivity contribution is -0.120. The van der Waals surface area contributed by atoms with Crippen molar-refractivity contribution >= 4 is 12.0 Å². The van der Waals surface area contributed by atoms with Crippen molar-refractivity contribution in [1.29, 1.82) is 0 Å². The van der Waals surface area contributed by atoms with E-state index in [2.05, 4.69) is 10.6 Å². The number of nitrogens with one attached hydrogen (secondary N) is 2. The van der Waals surface area contributed by atoms with Gasteiger partial charge in [0.05, 0.1) is 6.42 Å². The van der Waals surface area contributed by atoms with Crippen LogP contribution < -0.4 is 20.1 Å². The first-order valence-electron chi connectivity index (χ1n) is 9.48. The van der Waals surface area contributed by atoms with Gasteiger partial charge in [-0.1, -0.05) is 18.2 Å². The summed E-state index contributed by atoms with van der Waals surface area (Å²) in [6.45, 7) is 8.01. The van der Waals surface area contributed by atoms with Gasteiger partial charge in [0, 0.05) is 23.2 Å². The molecule has 0 unspecified atom stereocenters. The highest BCUT2D eigenvalue weighted by atomic mass is 16.6. The van der Waals surface area contributed by atoms with E-state index in [0.717, 1.165) is 28.0 Å². The van der Waals surface area contributed by atoms with E-state index in [4.69, 9.17) is 9.47 Å². The van der Waals surface area contributed by atoms with Crippen LogP contribution in [-0.4, -0.2) is 24.1 Å². The van der Waals surface area contributed by atoms with Crippen LogP contribution >= 0.6 is 0 Å². The third-order valence-corrected chi connectivity index (χ3v) is 4.23. The van der Waals surface area contributed by atoms with Gasteiger partial charge in [0.15, 0.2) is 0 Å². The molecule has 6 nitrogen and oxygen atoms in total. The van der Waals surface area contributed by atoms with Crippen LogP contribution in [0.25, 0.3) is 11.1 Å². The molecule has 2 N–H and O–H groups in total. The first kappa shape index (κ1) is 19.7.